The lowest BCUT2D eigenvalue weighted by molar-refractivity contribution is 0.0588. The smallest absolute Gasteiger partial charge is 0.272 e. The average molecular weight is 426 g/mol. The topological polar surface area (TPSA) is 67.7 Å². The first-order valence-corrected chi connectivity index (χ1v) is 10.9. The van der Waals surface area contributed by atoms with E-state index in [0.717, 1.165) is 17.7 Å². The van der Waals surface area contributed by atoms with E-state index in [4.69, 9.17) is 4.74 Å². The summed E-state index contributed by atoms with van der Waals surface area (Å²) in [5.41, 5.74) is 2.13. The van der Waals surface area contributed by atoms with Gasteiger partial charge in [-0.1, -0.05) is 6.07 Å². The van der Waals surface area contributed by atoms with Crippen molar-refractivity contribution in [3.8, 4) is 5.75 Å². The van der Waals surface area contributed by atoms with Crippen LogP contribution in [0.3, 0.4) is 0 Å². The standard InChI is InChI=1S/C23H27FN4O3/c1-31-19-4-6-25-20(9-19)23(30)27-10-15-8-17(13-27)21-3-2-16(22(29)28(21)11-15)12-26-7-5-18(24)14-26/h2-4,6,9,15,17-18H,5,7-8,10-14H2,1H3/t15-,17+,18-/m0/s1. The van der Waals surface area contributed by atoms with E-state index in [2.05, 4.69) is 4.98 Å². The molecule has 2 aromatic heterocycles. The summed E-state index contributed by atoms with van der Waals surface area (Å²) in [5, 5.41) is 0. The third-order valence-electron chi connectivity index (χ3n) is 6.77. The molecule has 0 unspecified atom stereocenters. The Bertz CT molecular complexity index is 1060. The zero-order valence-electron chi connectivity index (χ0n) is 17.7. The summed E-state index contributed by atoms with van der Waals surface area (Å²) in [4.78, 5) is 34.3. The normalized spacial score (nSPS) is 25.4. The highest BCUT2D eigenvalue weighted by molar-refractivity contribution is 5.92. The van der Waals surface area contributed by atoms with Crippen LogP contribution in [-0.4, -0.2) is 64.7 Å². The molecule has 2 saturated heterocycles. The molecule has 5 heterocycles. The number of carbonyl (C=O) groups excluding carboxylic acids is 1. The van der Waals surface area contributed by atoms with Crippen LogP contribution in [0.1, 0.15) is 40.5 Å². The number of piperidine rings is 1. The maximum absolute atomic E-state index is 13.5. The number of nitrogens with zero attached hydrogens (tertiary/aromatic N) is 4. The van der Waals surface area contributed by atoms with Gasteiger partial charge in [0, 0.05) is 68.7 Å². The maximum atomic E-state index is 13.5. The monoisotopic (exact) mass is 426 g/mol. The van der Waals surface area contributed by atoms with Gasteiger partial charge in [0.25, 0.3) is 11.5 Å². The summed E-state index contributed by atoms with van der Waals surface area (Å²) < 4.78 is 20.6. The SMILES string of the molecule is COc1ccnc(C(=O)N2C[C@@H]3C[C@H](C2)c2ccc(CN4CC[C@H](F)C4)c(=O)n2C3)c1. The second-order valence-electron chi connectivity index (χ2n) is 8.91. The van der Waals surface area contributed by atoms with Crippen LogP contribution < -0.4 is 10.3 Å². The molecule has 0 aliphatic carbocycles. The fourth-order valence-corrected chi connectivity index (χ4v) is 5.26. The minimum absolute atomic E-state index is 0.0312. The van der Waals surface area contributed by atoms with Crippen molar-refractivity contribution in [1.82, 2.24) is 19.4 Å². The highest BCUT2D eigenvalue weighted by atomic mass is 19.1. The van der Waals surface area contributed by atoms with Crippen molar-refractivity contribution in [2.75, 3.05) is 33.3 Å². The van der Waals surface area contributed by atoms with Gasteiger partial charge >= 0.3 is 0 Å². The molecule has 0 saturated carbocycles. The van der Waals surface area contributed by atoms with Crippen molar-refractivity contribution in [2.45, 2.75) is 38.0 Å². The fourth-order valence-electron chi connectivity index (χ4n) is 5.26. The van der Waals surface area contributed by atoms with Gasteiger partial charge in [-0.25, -0.2) is 4.39 Å². The molecule has 0 radical (unpaired) electrons. The van der Waals surface area contributed by atoms with Gasteiger partial charge in [0.15, 0.2) is 0 Å². The van der Waals surface area contributed by atoms with E-state index in [1.807, 2.05) is 26.5 Å². The molecule has 31 heavy (non-hydrogen) atoms. The molecular formula is C23H27FN4O3. The zero-order chi connectivity index (χ0) is 21.5. The second-order valence-corrected chi connectivity index (χ2v) is 8.91. The summed E-state index contributed by atoms with van der Waals surface area (Å²) in [7, 11) is 1.57. The number of aromatic nitrogens is 2. The van der Waals surface area contributed by atoms with Crippen LogP contribution >= 0.6 is 0 Å². The first-order chi connectivity index (χ1) is 15.0. The van der Waals surface area contributed by atoms with E-state index in [1.165, 1.54) is 0 Å². The number of rotatable bonds is 4. The quantitative estimate of drug-likeness (QED) is 0.749. The number of hydrogen-bond donors (Lipinski definition) is 0. The third-order valence-corrected chi connectivity index (χ3v) is 6.77. The molecule has 7 nitrogen and oxygen atoms in total. The molecule has 2 aromatic rings. The molecule has 0 N–H and O–H groups in total. The van der Waals surface area contributed by atoms with Gasteiger partial charge in [-0.05, 0) is 30.9 Å². The molecule has 1 amide bonds. The van der Waals surface area contributed by atoms with Crippen molar-refractivity contribution >= 4 is 5.91 Å². The number of ether oxygens (including phenoxy) is 1. The Balaban J connectivity index is 1.36. The number of fused-ring (bicyclic) bond motifs is 4. The second kappa shape index (κ2) is 8.07. The first kappa shape index (κ1) is 20.2. The van der Waals surface area contributed by atoms with Gasteiger partial charge in [-0.3, -0.25) is 19.5 Å². The van der Waals surface area contributed by atoms with E-state index >= 15 is 0 Å². The van der Waals surface area contributed by atoms with Crippen molar-refractivity contribution in [3.63, 3.8) is 0 Å². The van der Waals surface area contributed by atoms with Crippen LogP contribution in [0.15, 0.2) is 35.3 Å². The number of methoxy groups -OCH3 is 1. The van der Waals surface area contributed by atoms with E-state index in [-0.39, 0.29) is 23.3 Å². The molecule has 5 rings (SSSR count). The Labute approximate surface area is 180 Å². The fraction of sp³-hybridized carbons (Fsp3) is 0.522. The minimum Gasteiger partial charge on any atom is -0.497 e. The van der Waals surface area contributed by atoms with Gasteiger partial charge in [0.05, 0.1) is 7.11 Å². The number of likely N-dealkylation sites (tertiary alicyclic amines) is 2. The maximum Gasteiger partial charge on any atom is 0.272 e. The summed E-state index contributed by atoms with van der Waals surface area (Å²) in [6.07, 6.45) is 2.31. The Morgan fingerprint density at radius 3 is 2.87 bits per heavy atom. The molecule has 3 aliphatic heterocycles. The van der Waals surface area contributed by atoms with Crippen LogP contribution in [0.4, 0.5) is 4.39 Å². The van der Waals surface area contributed by atoms with Crippen LogP contribution in [-0.2, 0) is 13.1 Å². The number of hydrogen-bond acceptors (Lipinski definition) is 5. The number of carbonyl (C=O) groups is 1. The van der Waals surface area contributed by atoms with Crippen LogP contribution in [0.2, 0.25) is 0 Å². The average Bonchev–Trinajstić information content (AvgIpc) is 3.20. The van der Waals surface area contributed by atoms with E-state index in [1.54, 1.807) is 25.4 Å². The van der Waals surface area contributed by atoms with Gasteiger partial charge in [0.1, 0.15) is 17.6 Å². The molecule has 0 aromatic carbocycles. The summed E-state index contributed by atoms with van der Waals surface area (Å²) >= 11 is 0. The highest BCUT2D eigenvalue weighted by Gasteiger charge is 2.37. The Kier molecular flexibility index (Phi) is 5.25. The summed E-state index contributed by atoms with van der Waals surface area (Å²) in [6, 6.07) is 7.30. The van der Waals surface area contributed by atoms with Gasteiger partial charge < -0.3 is 14.2 Å². The molecule has 2 fully saturated rings. The molecule has 8 heteroatoms. The molecule has 164 valence electrons. The van der Waals surface area contributed by atoms with Crippen molar-refractivity contribution in [2.24, 2.45) is 5.92 Å². The predicted molar refractivity (Wildman–Crippen MR) is 113 cm³/mol. The lowest BCUT2D eigenvalue weighted by Crippen LogP contribution is -2.49. The van der Waals surface area contributed by atoms with Crippen molar-refractivity contribution < 1.29 is 13.9 Å². The van der Waals surface area contributed by atoms with Gasteiger partial charge in [-0.15, -0.1) is 0 Å². The van der Waals surface area contributed by atoms with Gasteiger partial charge in [-0.2, -0.15) is 0 Å². The van der Waals surface area contributed by atoms with Crippen molar-refractivity contribution in [3.05, 3.63) is 57.8 Å². The predicted octanol–water partition coefficient (Wildman–Crippen LogP) is 2.06. The van der Waals surface area contributed by atoms with Crippen molar-refractivity contribution in [1.29, 1.82) is 0 Å². The summed E-state index contributed by atoms with van der Waals surface area (Å²) in [5.74, 6) is 0.870. The van der Waals surface area contributed by atoms with Crippen LogP contribution in [0, 0.1) is 5.92 Å². The Morgan fingerprint density at radius 2 is 2.10 bits per heavy atom. The highest BCUT2D eigenvalue weighted by Crippen LogP contribution is 2.35. The number of halogens is 1. The van der Waals surface area contributed by atoms with Gasteiger partial charge in [0.2, 0.25) is 0 Å². The van der Waals surface area contributed by atoms with Crippen LogP contribution in [0.5, 0.6) is 5.75 Å². The summed E-state index contributed by atoms with van der Waals surface area (Å²) in [6.45, 7) is 3.40. The third kappa shape index (κ3) is 3.84. The number of alkyl halides is 1. The largest absolute Gasteiger partial charge is 0.497 e. The Morgan fingerprint density at radius 1 is 1.23 bits per heavy atom. The molecule has 3 atom stereocenters. The lowest BCUT2D eigenvalue weighted by Gasteiger charge is -2.42. The molecular weight excluding hydrogens is 399 g/mol. The van der Waals surface area contributed by atoms with E-state index < -0.39 is 6.17 Å². The zero-order valence-corrected chi connectivity index (χ0v) is 17.7. The number of pyridine rings is 2. The lowest BCUT2D eigenvalue weighted by atomic mass is 9.83. The first-order valence-electron chi connectivity index (χ1n) is 10.9. The molecule has 2 bridgehead atoms. The number of amides is 1. The molecule has 0 spiro atoms. The minimum atomic E-state index is -0.790. The van der Waals surface area contributed by atoms with E-state index in [0.29, 0.717) is 57.1 Å². The molecule has 3 aliphatic rings. The Hall–Kier alpha value is -2.74. The van der Waals surface area contributed by atoms with E-state index in [9.17, 15) is 14.0 Å². The van der Waals surface area contributed by atoms with Crippen LogP contribution in [0.25, 0.3) is 0 Å².